The van der Waals surface area contributed by atoms with Crippen LogP contribution >= 0.6 is 0 Å². The van der Waals surface area contributed by atoms with Crippen molar-refractivity contribution in [1.29, 1.82) is 0 Å². The standard InChI is InChI=1S/C20H15F2N3O2/c1-27-20-14(3-2-8-23-20)17-10-25-9-12(4-7-18(25)24-17)13-5-6-16(21)15(11-26)19(13)22/h2-10,26H,11H2,1H3. The van der Waals surface area contributed by atoms with E-state index in [1.807, 2.05) is 6.07 Å². The van der Waals surface area contributed by atoms with Crippen molar-refractivity contribution in [3.8, 4) is 28.3 Å². The Hall–Kier alpha value is -3.32. The Balaban J connectivity index is 1.83. The predicted octanol–water partition coefficient (Wildman–Crippen LogP) is 3.84. The minimum Gasteiger partial charge on any atom is -0.481 e. The normalized spacial score (nSPS) is 11.1. The zero-order chi connectivity index (χ0) is 19.0. The van der Waals surface area contributed by atoms with E-state index < -0.39 is 18.2 Å². The Morgan fingerprint density at radius 1 is 1.07 bits per heavy atom. The van der Waals surface area contributed by atoms with Crippen molar-refractivity contribution in [2.75, 3.05) is 7.11 Å². The molecule has 3 aromatic heterocycles. The second kappa shape index (κ2) is 6.77. The number of nitrogens with zero attached hydrogens (tertiary/aromatic N) is 3. The monoisotopic (exact) mass is 367 g/mol. The van der Waals surface area contributed by atoms with Crippen LogP contribution in [0, 0.1) is 11.6 Å². The lowest BCUT2D eigenvalue weighted by molar-refractivity contribution is 0.269. The number of benzene rings is 1. The largest absolute Gasteiger partial charge is 0.481 e. The molecule has 7 heteroatoms. The average molecular weight is 367 g/mol. The lowest BCUT2D eigenvalue weighted by atomic mass is 10.0. The van der Waals surface area contributed by atoms with Crippen molar-refractivity contribution in [3.63, 3.8) is 0 Å². The molecule has 5 nitrogen and oxygen atoms in total. The number of fused-ring (bicyclic) bond motifs is 1. The molecule has 3 heterocycles. The molecule has 4 rings (SSSR count). The molecule has 0 atom stereocenters. The number of hydrogen-bond donors (Lipinski definition) is 1. The Kier molecular flexibility index (Phi) is 4.29. The highest BCUT2D eigenvalue weighted by Gasteiger charge is 2.16. The highest BCUT2D eigenvalue weighted by atomic mass is 19.1. The molecule has 136 valence electrons. The van der Waals surface area contributed by atoms with Crippen molar-refractivity contribution in [1.82, 2.24) is 14.4 Å². The van der Waals surface area contributed by atoms with Crippen molar-refractivity contribution in [2.45, 2.75) is 6.61 Å². The number of hydrogen-bond acceptors (Lipinski definition) is 4. The molecule has 0 amide bonds. The van der Waals surface area contributed by atoms with Gasteiger partial charge >= 0.3 is 0 Å². The molecule has 0 saturated heterocycles. The number of aromatic nitrogens is 3. The van der Waals surface area contributed by atoms with Gasteiger partial charge in [0, 0.05) is 35.3 Å². The van der Waals surface area contributed by atoms with Gasteiger partial charge in [0.15, 0.2) is 0 Å². The first-order chi connectivity index (χ1) is 13.1. The van der Waals surface area contributed by atoms with Crippen molar-refractivity contribution >= 4 is 5.65 Å². The molecule has 0 spiro atoms. The van der Waals surface area contributed by atoms with Crippen LogP contribution in [0.1, 0.15) is 5.56 Å². The molecule has 0 aliphatic carbocycles. The van der Waals surface area contributed by atoms with Crippen LogP contribution in [0.2, 0.25) is 0 Å². The van der Waals surface area contributed by atoms with Gasteiger partial charge in [0.1, 0.15) is 17.3 Å². The molecular weight excluding hydrogens is 352 g/mol. The fourth-order valence-corrected chi connectivity index (χ4v) is 2.99. The molecule has 1 aromatic carbocycles. The van der Waals surface area contributed by atoms with E-state index in [0.29, 0.717) is 22.8 Å². The smallest absolute Gasteiger partial charge is 0.222 e. The van der Waals surface area contributed by atoms with Crippen molar-refractivity contribution < 1.29 is 18.6 Å². The van der Waals surface area contributed by atoms with Crippen LogP contribution in [0.4, 0.5) is 8.78 Å². The van der Waals surface area contributed by atoms with Crippen LogP contribution < -0.4 is 4.74 Å². The number of imidazole rings is 1. The van der Waals surface area contributed by atoms with Gasteiger partial charge in [-0.25, -0.2) is 18.7 Å². The molecule has 4 aromatic rings. The maximum atomic E-state index is 14.5. The van der Waals surface area contributed by atoms with Gasteiger partial charge in [-0.05, 0) is 36.4 Å². The van der Waals surface area contributed by atoms with Gasteiger partial charge in [-0.15, -0.1) is 0 Å². The summed E-state index contributed by atoms with van der Waals surface area (Å²) in [6.45, 7) is -0.705. The minimum absolute atomic E-state index is 0.205. The minimum atomic E-state index is -0.772. The maximum Gasteiger partial charge on any atom is 0.222 e. The van der Waals surface area contributed by atoms with E-state index >= 15 is 0 Å². The summed E-state index contributed by atoms with van der Waals surface area (Å²) in [4.78, 5) is 8.71. The first-order valence-electron chi connectivity index (χ1n) is 8.18. The third-order valence-corrected chi connectivity index (χ3v) is 4.35. The molecule has 0 unspecified atom stereocenters. The summed E-state index contributed by atoms with van der Waals surface area (Å²) < 4.78 is 35.2. The van der Waals surface area contributed by atoms with Gasteiger partial charge in [-0.2, -0.15) is 0 Å². The second-order valence-corrected chi connectivity index (χ2v) is 5.92. The lowest BCUT2D eigenvalue weighted by Crippen LogP contribution is -1.98. The molecule has 0 bridgehead atoms. The van der Waals surface area contributed by atoms with Crippen LogP contribution in [-0.2, 0) is 6.61 Å². The Morgan fingerprint density at radius 2 is 1.93 bits per heavy atom. The van der Waals surface area contributed by atoms with Gasteiger partial charge in [0.25, 0.3) is 0 Å². The summed E-state index contributed by atoms with van der Waals surface area (Å²) >= 11 is 0. The zero-order valence-electron chi connectivity index (χ0n) is 14.4. The highest BCUT2D eigenvalue weighted by molar-refractivity contribution is 5.70. The number of rotatable bonds is 4. The van der Waals surface area contributed by atoms with E-state index in [0.717, 1.165) is 11.6 Å². The third-order valence-electron chi connectivity index (χ3n) is 4.35. The number of ether oxygens (including phenoxy) is 1. The summed E-state index contributed by atoms with van der Waals surface area (Å²) in [5, 5.41) is 9.21. The van der Waals surface area contributed by atoms with Gasteiger partial charge in [-0.1, -0.05) is 0 Å². The molecule has 27 heavy (non-hydrogen) atoms. The fourth-order valence-electron chi connectivity index (χ4n) is 2.99. The molecule has 0 fully saturated rings. The summed E-state index contributed by atoms with van der Waals surface area (Å²) in [7, 11) is 1.54. The summed E-state index contributed by atoms with van der Waals surface area (Å²) in [6.07, 6.45) is 5.12. The van der Waals surface area contributed by atoms with Crippen LogP contribution in [0.25, 0.3) is 28.0 Å². The lowest BCUT2D eigenvalue weighted by Gasteiger charge is -2.08. The Bertz CT molecular complexity index is 1140. The number of aliphatic hydroxyl groups excluding tert-OH is 1. The summed E-state index contributed by atoms with van der Waals surface area (Å²) in [6, 6.07) is 9.58. The molecule has 0 saturated carbocycles. The zero-order valence-corrected chi connectivity index (χ0v) is 14.4. The van der Waals surface area contributed by atoms with E-state index in [4.69, 9.17) is 4.74 Å². The molecule has 0 aliphatic heterocycles. The SMILES string of the molecule is COc1ncccc1-c1cn2cc(-c3ccc(F)c(CO)c3F)ccc2n1. The average Bonchev–Trinajstić information content (AvgIpc) is 3.11. The molecular formula is C20H15F2N3O2. The first kappa shape index (κ1) is 17.1. The van der Waals surface area contributed by atoms with E-state index in [9.17, 15) is 13.9 Å². The number of aliphatic hydroxyl groups is 1. The molecule has 0 radical (unpaired) electrons. The van der Waals surface area contributed by atoms with E-state index in [1.54, 1.807) is 41.2 Å². The topological polar surface area (TPSA) is 59.7 Å². The number of methoxy groups -OCH3 is 1. The van der Waals surface area contributed by atoms with Crippen LogP contribution in [0.3, 0.4) is 0 Å². The summed E-state index contributed by atoms with van der Waals surface area (Å²) in [5.74, 6) is -1.09. The highest BCUT2D eigenvalue weighted by Crippen LogP contribution is 2.30. The van der Waals surface area contributed by atoms with Gasteiger partial charge in [0.05, 0.1) is 25.0 Å². The van der Waals surface area contributed by atoms with Gasteiger partial charge in [-0.3, -0.25) is 0 Å². The quantitative estimate of drug-likeness (QED) is 0.595. The Morgan fingerprint density at radius 3 is 2.70 bits per heavy atom. The maximum absolute atomic E-state index is 14.5. The van der Waals surface area contributed by atoms with Crippen LogP contribution in [-0.4, -0.2) is 26.6 Å². The molecule has 1 N–H and O–H groups in total. The van der Waals surface area contributed by atoms with Crippen molar-refractivity contribution in [2.24, 2.45) is 0 Å². The van der Waals surface area contributed by atoms with Crippen LogP contribution in [0.15, 0.2) is 55.0 Å². The third kappa shape index (κ3) is 2.92. The van der Waals surface area contributed by atoms with E-state index in [-0.39, 0.29) is 11.1 Å². The second-order valence-electron chi connectivity index (χ2n) is 5.92. The molecule has 0 aliphatic rings. The van der Waals surface area contributed by atoms with Crippen molar-refractivity contribution in [3.05, 3.63) is 72.2 Å². The first-order valence-corrected chi connectivity index (χ1v) is 8.18. The van der Waals surface area contributed by atoms with E-state index in [1.165, 1.54) is 13.2 Å². The number of halogens is 2. The van der Waals surface area contributed by atoms with Gasteiger partial charge < -0.3 is 14.2 Å². The van der Waals surface area contributed by atoms with Gasteiger partial charge in [0.2, 0.25) is 5.88 Å². The fraction of sp³-hybridized carbons (Fsp3) is 0.100. The van der Waals surface area contributed by atoms with E-state index in [2.05, 4.69) is 9.97 Å². The summed E-state index contributed by atoms with van der Waals surface area (Å²) in [5.41, 5.74) is 2.45. The predicted molar refractivity (Wildman–Crippen MR) is 96.2 cm³/mol. The number of pyridine rings is 2. The Labute approximate surface area is 153 Å². The van der Waals surface area contributed by atoms with Crippen LogP contribution in [0.5, 0.6) is 5.88 Å².